The van der Waals surface area contributed by atoms with Crippen molar-refractivity contribution in [3.63, 3.8) is 0 Å². The fraction of sp³-hybridized carbons (Fsp3) is 0.160. The topological polar surface area (TPSA) is 26.3 Å². The Morgan fingerprint density at radius 3 is 2.17 bits per heavy atom. The van der Waals surface area contributed by atoms with Crippen molar-refractivity contribution in [3.8, 4) is 0 Å². The van der Waals surface area contributed by atoms with Crippen molar-refractivity contribution in [2.24, 2.45) is 0 Å². The largest absolute Gasteiger partial charge is 0.423 e. The number of carbonyl (C=O) groups excluding carboxylic acids is 1. The molecular weight excluding hydrogens is 396 g/mol. The number of hydrogen-bond acceptors (Lipinski definition) is 4. The van der Waals surface area contributed by atoms with E-state index in [-0.39, 0.29) is 11.2 Å². The molecule has 146 valence electrons. The summed E-state index contributed by atoms with van der Waals surface area (Å²) in [5.41, 5.74) is 4.50. The highest BCUT2D eigenvalue weighted by molar-refractivity contribution is 8.22. The molecule has 4 heteroatoms. The first-order chi connectivity index (χ1) is 14.2. The van der Waals surface area contributed by atoms with Crippen molar-refractivity contribution in [1.29, 1.82) is 0 Å². The molecule has 3 aromatic rings. The average molecular weight is 419 g/mol. The lowest BCUT2D eigenvalue weighted by Gasteiger charge is -2.26. The molecule has 0 N–H and O–H groups in total. The number of carbonyl (C=O) groups is 1. The second-order valence-electron chi connectivity index (χ2n) is 6.92. The van der Waals surface area contributed by atoms with E-state index >= 15 is 0 Å². The number of ether oxygens (including phenoxy) is 1. The molecule has 0 aliphatic carbocycles. The molecule has 3 aromatic carbocycles. The lowest BCUT2D eigenvalue weighted by molar-refractivity contribution is -0.136. The quantitative estimate of drug-likeness (QED) is 0.429. The number of benzene rings is 3. The van der Waals surface area contributed by atoms with Gasteiger partial charge in [0.1, 0.15) is 5.25 Å². The van der Waals surface area contributed by atoms with Crippen LogP contribution >= 0.6 is 23.5 Å². The van der Waals surface area contributed by atoms with E-state index in [0.29, 0.717) is 12.2 Å². The highest BCUT2D eigenvalue weighted by atomic mass is 32.2. The van der Waals surface area contributed by atoms with Crippen molar-refractivity contribution in [2.45, 2.75) is 24.3 Å². The summed E-state index contributed by atoms with van der Waals surface area (Å²) in [6.07, 6.45) is 0.667. The normalized spacial score (nSPS) is 16.6. The third-order valence-electron chi connectivity index (χ3n) is 4.77. The minimum Gasteiger partial charge on any atom is -0.423 e. The van der Waals surface area contributed by atoms with Crippen LogP contribution in [0.15, 0.2) is 89.2 Å². The van der Waals surface area contributed by atoms with Gasteiger partial charge in [-0.3, -0.25) is 4.79 Å². The van der Waals surface area contributed by atoms with E-state index in [0.717, 1.165) is 26.7 Å². The number of rotatable bonds is 6. The van der Waals surface area contributed by atoms with Gasteiger partial charge in [0.05, 0.1) is 4.24 Å². The van der Waals surface area contributed by atoms with Gasteiger partial charge < -0.3 is 4.74 Å². The fourth-order valence-electron chi connectivity index (χ4n) is 3.21. The van der Waals surface area contributed by atoms with Crippen molar-refractivity contribution >= 4 is 35.3 Å². The van der Waals surface area contributed by atoms with Crippen LogP contribution in [0.3, 0.4) is 0 Å². The highest BCUT2D eigenvalue weighted by Gasteiger charge is 2.32. The van der Waals surface area contributed by atoms with Crippen LogP contribution in [-0.4, -0.2) is 11.2 Å². The summed E-state index contributed by atoms with van der Waals surface area (Å²) in [7, 11) is 0. The molecule has 0 saturated carbocycles. The summed E-state index contributed by atoms with van der Waals surface area (Å²) < 4.78 is 7.01. The van der Waals surface area contributed by atoms with Crippen LogP contribution < -0.4 is 0 Å². The van der Waals surface area contributed by atoms with Gasteiger partial charge in [0.25, 0.3) is 0 Å². The standard InChI is InChI=1S/C25H22O2S2/c1-18-10-8-9-15-21(18)23-25(28-17-20-13-6-3-7-14-20)29-22(24(26)27-23)16-19-11-4-2-5-12-19/h2-15,22H,16-17H2,1H3. The molecule has 1 heterocycles. The fourth-order valence-corrected chi connectivity index (χ4v) is 5.71. The molecule has 1 aliphatic heterocycles. The molecule has 1 unspecified atom stereocenters. The molecule has 1 atom stereocenters. The molecule has 0 spiro atoms. The molecule has 0 aromatic heterocycles. The van der Waals surface area contributed by atoms with Crippen LogP contribution in [-0.2, 0) is 21.7 Å². The maximum atomic E-state index is 12.8. The molecule has 0 bridgehead atoms. The van der Waals surface area contributed by atoms with E-state index < -0.39 is 0 Å². The van der Waals surface area contributed by atoms with Crippen LogP contribution in [0.2, 0.25) is 0 Å². The van der Waals surface area contributed by atoms with Gasteiger partial charge in [0, 0.05) is 11.3 Å². The summed E-state index contributed by atoms with van der Waals surface area (Å²) in [6.45, 7) is 2.05. The summed E-state index contributed by atoms with van der Waals surface area (Å²) in [5, 5.41) is -0.233. The highest BCUT2D eigenvalue weighted by Crippen LogP contribution is 2.45. The molecule has 0 amide bonds. The van der Waals surface area contributed by atoms with Gasteiger partial charge in [-0.2, -0.15) is 0 Å². The Balaban J connectivity index is 1.63. The third kappa shape index (κ3) is 4.95. The van der Waals surface area contributed by atoms with E-state index in [1.54, 1.807) is 23.5 Å². The van der Waals surface area contributed by atoms with E-state index in [9.17, 15) is 4.79 Å². The summed E-state index contributed by atoms with van der Waals surface area (Å²) in [4.78, 5) is 12.8. The minimum atomic E-state index is -0.233. The molecule has 2 nitrogen and oxygen atoms in total. The van der Waals surface area contributed by atoms with Gasteiger partial charge in [-0.15, -0.1) is 11.8 Å². The van der Waals surface area contributed by atoms with Crippen LogP contribution in [0.4, 0.5) is 0 Å². The number of thioether (sulfide) groups is 2. The van der Waals surface area contributed by atoms with E-state index in [4.69, 9.17) is 4.74 Å². The Morgan fingerprint density at radius 2 is 1.48 bits per heavy atom. The molecular formula is C25H22O2S2. The van der Waals surface area contributed by atoms with Crippen molar-refractivity contribution in [3.05, 3.63) is 111 Å². The number of cyclic esters (lactones) is 1. The van der Waals surface area contributed by atoms with Gasteiger partial charge in [0.15, 0.2) is 5.76 Å². The zero-order chi connectivity index (χ0) is 20.1. The predicted molar refractivity (Wildman–Crippen MR) is 123 cm³/mol. The van der Waals surface area contributed by atoms with Crippen LogP contribution in [0.1, 0.15) is 22.3 Å². The van der Waals surface area contributed by atoms with Gasteiger partial charge in [0.2, 0.25) is 0 Å². The number of aryl methyl sites for hydroxylation is 1. The molecule has 4 rings (SSSR count). The summed E-state index contributed by atoms with van der Waals surface area (Å²) >= 11 is 3.38. The molecule has 0 radical (unpaired) electrons. The van der Waals surface area contributed by atoms with E-state index in [2.05, 4.69) is 49.4 Å². The first kappa shape index (κ1) is 19.9. The molecule has 0 saturated heterocycles. The van der Waals surface area contributed by atoms with Gasteiger partial charge in [-0.1, -0.05) is 96.7 Å². The zero-order valence-corrected chi connectivity index (χ0v) is 17.8. The number of esters is 1. The van der Waals surface area contributed by atoms with Crippen molar-refractivity contribution < 1.29 is 9.53 Å². The monoisotopic (exact) mass is 418 g/mol. The van der Waals surface area contributed by atoms with Crippen molar-refractivity contribution in [1.82, 2.24) is 0 Å². The van der Waals surface area contributed by atoms with Crippen LogP contribution in [0, 0.1) is 6.92 Å². The second-order valence-corrected chi connectivity index (χ2v) is 9.38. The van der Waals surface area contributed by atoms with E-state index in [1.165, 1.54) is 5.56 Å². The Kier molecular flexibility index (Phi) is 6.43. The van der Waals surface area contributed by atoms with Gasteiger partial charge >= 0.3 is 5.97 Å². The lowest BCUT2D eigenvalue weighted by atomic mass is 10.1. The van der Waals surface area contributed by atoms with Crippen LogP contribution in [0.25, 0.3) is 5.76 Å². The van der Waals surface area contributed by atoms with Crippen molar-refractivity contribution in [2.75, 3.05) is 0 Å². The lowest BCUT2D eigenvalue weighted by Crippen LogP contribution is -2.26. The SMILES string of the molecule is Cc1ccccc1C1=C(SCc2ccccc2)SC(Cc2ccccc2)C(=O)O1. The average Bonchev–Trinajstić information content (AvgIpc) is 2.76. The maximum absolute atomic E-state index is 12.8. The summed E-state index contributed by atoms with van der Waals surface area (Å²) in [5.74, 6) is 1.37. The Bertz CT molecular complexity index is 1010. The van der Waals surface area contributed by atoms with E-state index in [1.807, 2.05) is 42.5 Å². The van der Waals surface area contributed by atoms with Crippen LogP contribution in [0.5, 0.6) is 0 Å². The van der Waals surface area contributed by atoms with Gasteiger partial charge in [-0.25, -0.2) is 0 Å². The first-order valence-electron chi connectivity index (χ1n) is 9.60. The smallest absolute Gasteiger partial charge is 0.325 e. The maximum Gasteiger partial charge on any atom is 0.325 e. The molecule has 29 heavy (non-hydrogen) atoms. The predicted octanol–water partition coefficient (Wildman–Crippen LogP) is 6.46. The second kappa shape index (κ2) is 9.38. The minimum absolute atomic E-state index is 0.166. The molecule has 0 fully saturated rings. The van der Waals surface area contributed by atoms with Gasteiger partial charge in [-0.05, 0) is 30.0 Å². The third-order valence-corrected chi connectivity index (χ3v) is 7.38. The zero-order valence-electron chi connectivity index (χ0n) is 16.2. The Hall–Kier alpha value is -2.43. The Labute approximate surface area is 180 Å². The Morgan fingerprint density at radius 1 is 0.862 bits per heavy atom. The number of hydrogen-bond donors (Lipinski definition) is 0. The first-order valence-corrected chi connectivity index (χ1v) is 11.5. The molecule has 1 aliphatic rings. The summed E-state index contributed by atoms with van der Waals surface area (Å²) in [6, 6.07) is 28.6.